The van der Waals surface area contributed by atoms with E-state index < -0.39 is 5.97 Å². The van der Waals surface area contributed by atoms with Gasteiger partial charge < -0.3 is 10.2 Å². The van der Waals surface area contributed by atoms with E-state index in [0.717, 1.165) is 19.3 Å². The molecule has 1 aromatic carbocycles. The molecule has 0 bridgehead atoms. The highest BCUT2D eigenvalue weighted by atomic mass is 16.4. The van der Waals surface area contributed by atoms with E-state index in [4.69, 9.17) is 5.11 Å². The van der Waals surface area contributed by atoms with Crippen molar-refractivity contribution >= 4 is 5.97 Å². The Morgan fingerprint density at radius 1 is 0.600 bits per heavy atom. The second-order valence-corrected chi connectivity index (χ2v) is 10.3. The quantitative estimate of drug-likeness (QED) is 0.150. The minimum Gasteiger partial charge on any atom is -0.508 e. The average molecular weight is 491 g/mol. The molecule has 1 aromatic rings. The van der Waals surface area contributed by atoms with Crippen LogP contribution in [-0.2, 0) is 11.2 Å². The zero-order valence-electron chi connectivity index (χ0n) is 23.4. The maximum atomic E-state index is 10.3. The predicted molar refractivity (Wildman–Crippen MR) is 152 cm³/mol. The second kappa shape index (κ2) is 27.1. The number of carbonyl (C=O) groups is 1. The van der Waals surface area contributed by atoms with Gasteiger partial charge in [-0.3, -0.25) is 4.79 Å². The highest BCUT2D eigenvalue weighted by Crippen LogP contribution is 2.15. The van der Waals surface area contributed by atoms with Crippen LogP contribution in [0.1, 0.15) is 161 Å². The zero-order chi connectivity index (χ0) is 25.8. The minimum atomic E-state index is -0.653. The molecule has 3 heteroatoms. The van der Waals surface area contributed by atoms with E-state index in [1.165, 1.54) is 128 Å². The van der Waals surface area contributed by atoms with Gasteiger partial charge in [0.25, 0.3) is 0 Å². The molecule has 35 heavy (non-hydrogen) atoms. The molecule has 0 aliphatic heterocycles. The molecule has 0 saturated heterocycles. The maximum Gasteiger partial charge on any atom is 0.303 e. The molecular formula is C32H58O3. The number of rotatable bonds is 23. The van der Waals surface area contributed by atoms with E-state index in [1.54, 1.807) is 6.07 Å². The van der Waals surface area contributed by atoms with E-state index in [0.29, 0.717) is 12.2 Å². The fraction of sp³-hybridized carbons (Fsp3) is 0.781. The van der Waals surface area contributed by atoms with Gasteiger partial charge in [-0.25, -0.2) is 0 Å². The number of aromatic hydroxyl groups is 1. The Morgan fingerprint density at radius 3 is 1.40 bits per heavy atom. The van der Waals surface area contributed by atoms with Crippen molar-refractivity contribution in [1.82, 2.24) is 0 Å². The summed E-state index contributed by atoms with van der Waals surface area (Å²) in [6, 6.07) is 7.60. The fourth-order valence-electron chi connectivity index (χ4n) is 4.47. The molecule has 1 rings (SSSR count). The molecule has 0 heterocycles. The summed E-state index contributed by atoms with van der Waals surface area (Å²) in [7, 11) is 0. The third kappa shape index (κ3) is 26.9. The average Bonchev–Trinajstić information content (AvgIpc) is 2.84. The van der Waals surface area contributed by atoms with Crippen LogP contribution in [0.15, 0.2) is 24.3 Å². The third-order valence-electron chi connectivity index (χ3n) is 6.72. The first-order valence-corrected chi connectivity index (χ1v) is 15.1. The summed E-state index contributed by atoms with van der Waals surface area (Å²) < 4.78 is 0. The molecule has 0 saturated carbocycles. The number of phenols is 1. The van der Waals surface area contributed by atoms with Gasteiger partial charge in [0.1, 0.15) is 5.75 Å². The Hall–Kier alpha value is -1.51. The molecule has 204 valence electrons. The molecule has 0 aliphatic carbocycles. The first-order chi connectivity index (χ1) is 17.1. The van der Waals surface area contributed by atoms with Crippen LogP contribution in [0.4, 0.5) is 0 Å². The molecule has 0 radical (unpaired) electrons. The molecule has 0 aliphatic rings. The topological polar surface area (TPSA) is 57.5 Å². The SMILES string of the molecule is CCCCCCCCCCCCCCCCCC(=O)O.CCCCCCCCc1cccc(O)c1. The summed E-state index contributed by atoms with van der Waals surface area (Å²) in [5.74, 6) is -0.266. The van der Waals surface area contributed by atoms with Crippen LogP contribution in [0.2, 0.25) is 0 Å². The number of hydrogen-bond acceptors (Lipinski definition) is 2. The Balaban J connectivity index is 0.000000686. The lowest BCUT2D eigenvalue weighted by atomic mass is 10.0. The van der Waals surface area contributed by atoms with Crippen LogP contribution >= 0.6 is 0 Å². The van der Waals surface area contributed by atoms with Gasteiger partial charge in [0.05, 0.1) is 0 Å². The third-order valence-corrected chi connectivity index (χ3v) is 6.72. The normalized spacial score (nSPS) is 10.7. The largest absolute Gasteiger partial charge is 0.508 e. The van der Waals surface area contributed by atoms with Crippen LogP contribution in [0.3, 0.4) is 0 Å². The van der Waals surface area contributed by atoms with Gasteiger partial charge in [-0.1, -0.05) is 148 Å². The van der Waals surface area contributed by atoms with Crippen molar-refractivity contribution in [3.8, 4) is 5.75 Å². The number of carboxylic acid groups (broad SMARTS) is 1. The van der Waals surface area contributed by atoms with Crippen LogP contribution in [0.25, 0.3) is 0 Å². The first kappa shape index (κ1) is 33.5. The summed E-state index contributed by atoms with van der Waals surface area (Å²) in [6.45, 7) is 4.51. The van der Waals surface area contributed by atoms with Crippen molar-refractivity contribution < 1.29 is 15.0 Å². The lowest BCUT2D eigenvalue weighted by Gasteiger charge is -2.03. The minimum absolute atomic E-state index is 0.345. The smallest absolute Gasteiger partial charge is 0.303 e. The number of aliphatic carboxylic acids is 1. The number of aryl methyl sites for hydroxylation is 1. The molecule has 0 fully saturated rings. The molecule has 0 aromatic heterocycles. The van der Waals surface area contributed by atoms with E-state index in [1.807, 2.05) is 12.1 Å². The first-order valence-electron chi connectivity index (χ1n) is 15.1. The molecule has 0 unspecified atom stereocenters. The highest BCUT2D eigenvalue weighted by Gasteiger charge is 1.97. The van der Waals surface area contributed by atoms with Crippen LogP contribution in [0, 0.1) is 0 Å². The van der Waals surface area contributed by atoms with Gasteiger partial charge in [0.2, 0.25) is 0 Å². The molecule has 0 amide bonds. The van der Waals surface area contributed by atoms with Crippen molar-refractivity contribution in [3.63, 3.8) is 0 Å². The fourth-order valence-corrected chi connectivity index (χ4v) is 4.47. The lowest BCUT2D eigenvalue weighted by molar-refractivity contribution is -0.137. The van der Waals surface area contributed by atoms with Gasteiger partial charge in [-0.05, 0) is 37.0 Å². The van der Waals surface area contributed by atoms with Gasteiger partial charge in [-0.15, -0.1) is 0 Å². The summed E-state index contributed by atoms with van der Waals surface area (Å²) in [4.78, 5) is 10.3. The van der Waals surface area contributed by atoms with E-state index in [-0.39, 0.29) is 0 Å². The van der Waals surface area contributed by atoms with Gasteiger partial charge >= 0.3 is 5.97 Å². The van der Waals surface area contributed by atoms with E-state index in [9.17, 15) is 9.90 Å². The Labute approximate surface area is 218 Å². The summed E-state index contributed by atoms with van der Waals surface area (Å²) in [5.41, 5.74) is 1.26. The van der Waals surface area contributed by atoms with Gasteiger partial charge in [0.15, 0.2) is 0 Å². The highest BCUT2D eigenvalue weighted by molar-refractivity contribution is 5.66. The van der Waals surface area contributed by atoms with Crippen LogP contribution in [-0.4, -0.2) is 16.2 Å². The van der Waals surface area contributed by atoms with Crippen molar-refractivity contribution in [1.29, 1.82) is 0 Å². The van der Waals surface area contributed by atoms with Crippen LogP contribution in [0.5, 0.6) is 5.75 Å². The Kier molecular flexibility index (Phi) is 25.9. The second-order valence-electron chi connectivity index (χ2n) is 10.3. The van der Waals surface area contributed by atoms with Gasteiger partial charge in [0, 0.05) is 6.42 Å². The van der Waals surface area contributed by atoms with Crippen molar-refractivity contribution in [2.75, 3.05) is 0 Å². The Morgan fingerprint density at radius 2 is 1.00 bits per heavy atom. The maximum absolute atomic E-state index is 10.3. The predicted octanol–water partition coefficient (Wildman–Crippen LogP) is 10.6. The summed E-state index contributed by atoms with van der Waals surface area (Å²) in [6.07, 6.45) is 29.3. The van der Waals surface area contributed by atoms with Crippen molar-refractivity contribution in [2.24, 2.45) is 0 Å². The summed E-state index contributed by atoms with van der Waals surface area (Å²) >= 11 is 0. The van der Waals surface area contributed by atoms with E-state index in [2.05, 4.69) is 19.9 Å². The number of unbranched alkanes of at least 4 members (excludes halogenated alkanes) is 19. The van der Waals surface area contributed by atoms with Gasteiger partial charge in [-0.2, -0.15) is 0 Å². The number of phenolic OH excluding ortho intramolecular Hbond substituents is 1. The number of benzene rings is 1. The monoisotopic (exact) mass is 490 g/mol. The molecule has 0 atom stereocenters. The zero-order valence-corrected chi connectivity index (χ0v) is 23.4. The number of hydrogen-bond donors (Lipinski definition) is 2. The molecule has 0 spiro atoms. The lowest BCUT2D eigenvalue weighted by Crippen LogP contribution is -1.93. The van der Waals surface area contributed by atoms with Crippen molar-refractivity contribution in [2.45, 2.75) is 162 Å². The van der Waals surface area contributed by atoms with E-state index >= 15 is 0 Å². The molecular weight excluding hydrogens is 432 g/mol. The standard InChI is InChI=1S/C18H36O2.C14H22O/c1-2-3-4-5-6-7-8-9-10-11-12-13-14-15-16-17-18(19)20;1-2-3-4-5-6-7-9-13-10-8-11-14(15)12-13/h2-17H2,1H3,(H,19,20);8,10-12,15H,2-7,9H2,1H3. The molecule has 2 N–H and O–H groups in total. The molecule has 3 nitrogen and oxygen atoms in total. The Bertz CT molecular complexity index is 570. The van der Waals surface area contributed by atoms with Crippen LogP contribution < -0.4 is 0 Å². The van der Waals surface area contributed by atoms with Crippen molar-refractivity contribution in [3.05, 3.63) is 29.8 Å². The number of carboxylic acids is 1. The summed E-state index contributed by atoms with van der Waals surface area (Å²) in [5, 5.41) is 17.8.